The van der Waals surface area contributed by atoms with Gasteiger partial charge in [0, 0.05) is 11.3 Å². The van der Waals surface area contributed by atoms with Gasteiger partial charge in [-0.25, -0.2) is 4.98 Å². The van der Waals surface area contributed by atoms with Crippen LogP contribution in [-0.4, -0.2) is 10.9 Å². The quantitative estimate of drug-likeness (QED) is 0.738. The molecule has 0 aliphatic heterocycles. The van der Waals surface area contributed by atoms with E-state index in [4.69, 9.17) is 0 Å². The van der Waals surface area contributed by atoms with Gasteiger partial charge in [0.15, 0.2) is 0 Å². The highest BCUT2D eigenvalue weighted by Gasteiger charge is 2.16. The zero-order valence-corrected chi connectivity index (χ0v) is 14.2. The van der Waals surface area contributed by atoms with Gasteiger partial charge in [-0.3, -0.25) is 4.79 Å². The molecule has 0 unspecified atom stereocenters. The molecule has 1 amide bonds. The van der Waals surface area contributed by atoms with E-state index in [9.17, 15) is 4.79 Å². The van der Waals surface area contributed by atoms with E-state index in [0.29, 0.717) is 4.88 Å². The van der Waals surface area contributed by atoms with Crippen molar-refractivity contribution in [2.75, 3.05) is 5.32 Å². The van der Waals surface area contributed by atoms with E-state index in [1.54, 1.807) is 0 Å². The van der Waals surface area contributed by atoms with Crippen molar-refractivity contribution < 1.29 is 4.79 Å². The van der Waals surface area contributed by atoms with Gasteiger partial charge in [0.25, 0.3) is 5.91 Å². The maximum absolute atomic E-state index is 12.5. The Morgan fingerprint density at radius 3 is 2.43 bits per heavy atom. The van der Waals surface area contributed by atoms with E-state index in [0.717, 1.165) is 27.5 Å². The van der Waals surface area contributed by atoms with Gasteiger partial charge in [-0.2, -0.15) is 0 Å². The second kappa shape index (κ2) is 6.34. The summed E-state index contributed by atoms with van der Waals surface area (Å²) in [6, 6.07) is 15.8. The van der Waals surface area contributed by atoms with Crippen LogP contribution in [0.15, 0.2) is 48.5 Å². The number of benzene rings is 2. The van der Waals surface area contributed by atoms with Gasteiger partial charge in [0.2, 0.25) is 0 Å². The Morgan fingerprint density at radius 1 is 1.00 bits per heavy atom. The molecule has 0 aliphatic rings. The number of carbonyl (C=O) groups excluding carboxylic acids is 1. The van der Waals surface area contributed by atoms with Gasteiger partial charge < -0.3 is 5.32 Å². The molecule has 1 N–H and O–H groups in total. The first-order chi connectivity index (χ1) is 11.0. The highest BCUT2D eigenvalue weighted by molar-refractivity contribution is 7.17. The Labute approximate surface area is 140 Å². The van der Waals surface area contributed by atoms with Crippen LogP contribution in [0, 0.1) is 20.8 Å². The van der Waals surface area contributed by atoms with Crippen LogP contribution in [0.25, 0.3) is 10.6 Å². The lowest BCUT2D eigenvalue weighted by molar-refractivity contribution is 0.103. The molecule has 3 nitrogen and oxygen atoms in total. The number of carbonyl (C=O) groups is 1. The Hall–Kier alpha value is -2.46. The number of amides is 1. The number of anilines is 1. The van der Waals surface area contributed by atoms with Crippen LogP contribution in [0.2, 0.25) is 0 Å². The molecule has 3 rings (SSSR count). The minimum atomic E-state index is -0.106. The molecular formula is C19H18N2OS. The van der Waals surface area contributed by atoms with E-state index in [1.807, 2.05) is 62.4 Å². The molecule has 1 aromatic heterocycles. The number of thiazole rings is 1. The maximum atomic E-state index is 12.5. The minimum Gasteiger partial charge on any atom is -0.321 e. The minimum absolute atomic E-state index is 0.106. The maximum Gasteiger partial charge on any atom is 0.267 e. The number of hydrogen-bond acceptors (Lipinski definition) is 3. The van der Waals surface area contributed by atoms with Crippen LogP contribution >= 0.6 is 11.3 Å². The zero-order chi connectivity index (χ0) is 16.4. The van der Waals surface area contributed by atoms with Gasteiger partial charge in [0.05, 0.1) is 5.69 Å². The van der Waals surface area contributed by atoms with Gasteiger partial charge in [-0.15, -0.1) is 11.3 Å². The highest BCUT2D eigenvalue weighted by atomic mass is 32.1. The summed E-state index contributed by atoms with van der Waals surface area (Å²) >= 11 is 1.42. The van der Waals surface area contributed by atoms with Crippen molar-refractivity contribution in [3.8, 4) is 10.6 Å². The van der Waals surface area contributed by atoms with Crippen LogP contribution in [0.4, 0.5) is 5.69 Å². The Bertz CT molecular complexity index is 853. The fourth-order valence-corrected chi connectivity index (χ4v) is 3.29. The van der Waals surface area contributed by atoms with E-state index in [1.165, 1.54) is 16.9 Å². The van der Waals surface area contributed by atoms with Crippen molar-refractivity contribution in [1.29, 1.82) is 0 Å². The fourth-order valence-electron chi connectivity index (χ4n) is 2.32. The lowest BCUT2D eigenvalue weighted by atomic mass is 10.1. The Kier molecular flexibility index (Phi) is 4.26. The molecular weight excluding hydrogens is 304 g/mol. The van der Waals surface area contributed by atoms with E-state index in [2.05, 4.69) is 17.2 Å². The summed E-state index contributed by atoms with van der Waals surface area (Å²) in [6.07, 6.45) is 0. The van der Waals surface area contributed by atoms with Crippen molar-refractivity contribution in [1.82, 2.24) is 4.98 Å². The third-order valence-electron chi connectivity index (χ3n) is 3.79. The molecule has 3 aromatic rings. The van der Waals surface area contributed by atoms with Crippen LogP contribution < -0.4 is 5.32 Å². The SMILES string of the molecule is Cc1ccc(NC(=O)c2sc(-c3ccccc3)nc2C)cc1C. The van der Waals surface area contributed by atoms with Crippen molar-refractivity contribution >= 4 is 22.9 Å². The molecule has 0 bridgehead atoms. The van der Waals surface area contributed by atoms with Gasteiger partial charge >= 0.3 is 0 Å². The van der Waals surface area contributed by atoms with E-state index >= 15 is 0 Å². The lowest BCUT2D eigenvalue weighted by Crippen LogP contribution is -2.11. The zero-order valence-electron chi connectivity index (χ0n) is 13.4. The monoisotopic (exact) mass is 322 g/mol. The lowest BCUT2D eigenvalue weighted by Gasteiger charge is -2.06. The average Bonchev–Trinajstić information content (AvgIpc) is 2.94. The summed E-state index contributed by atoms with van der Waals surface area (Å²) in [5, 5.41) is 3.83. The summed E-state index contributed by atoms with van der Waals surface area (Å²) in [6.45, 7) is 5.97. The van der Waals surface area contributed by atoms with Crippen LogP contribution in [0.3, 0.4) is 0 Å². The average molecular weight is 322 g/mol. The van der Waals surface area contributed by atoms with Crippen molar-refractivity contribution in [2.24, 2.45) is 0 Å². The number of nitrogens with one attached hydrogen (secondary N) is 1. The predicted octanol–water partition coefficient (Wildman–Crippen LogP) is 4.99. The third-order valence-corrected chi connectivity index (χ3v) is 4.99. The normalized spacial score (nSPS) is 10.6. The van der Waals surface area contributed by atoms with Gasteiger partial charge in [0.1, 0.15) is 9.88 Å². The highest BCUT2D eigenvalue weighted by Crippen LogP contribution is 2.28. The van der Waals surface area contributed by atoms with E-state index in [-0.39, 0.29) is 5.91 Å². The van der Waals surface area contributed by atoms with Gasteiger partial charge in [-0.05, 0) is 44.0 Å². The third kappa shape index (κ3) is 3.32. The molecule has 0 radical (unpaired) electrons. The fraction of sp³-hybridized carbons (Fsp3) is 0.158. The molecule has 0 aliphatic carbocycles. The van der Waals surface area contributed by atoms with Crippen LogP contribution in [-0.2, 0) is 0 Å². The summed E-state index contributed by atoms with van der Waals surface area (Å²) in [5.41, 5.74) is 4.98. The molecule has 0 saturated heterocycles. The Balaban J connectivity index is 1.85. The van der Waals surface area contributed by atoms with Crippen molar-refractivity contribution in [3.05, 3.63) is 70.2 Å². The summed E-state index contributed by atoms with van der Waals surface area (Å²) in [5.74, 6) is -0.106. The standard InChI is InChI=1S/C19H18N2OS/c1-12-9-10-16(11-13(12)2)21-18(22)17-14(3)20-19(23-17)15-7-5-4-6-8-15/h4-11H,1-3H3,(H,21,22). The number of rotatable bonds is 3. The second-order valence-electron chi connectivity index (χ2n) is 5.55. The second-order valence-corrected chi connectivity index (χ2v) is 6.55. The number of nitrogens with zero attached hydrogens (tertiary/aromatic N) is 1. The number of aryl methyl sites for hydroxylation is 3. The molecule has 2 aromatic carbocycles. The van der Waals surface area contributed by atoms with E-state index < -0.39 is 0 Å². The van der Waals surface area contributed by atoms with Crippen LogP contribution in [0.5, 0.6) is 0 Å². The van der Waals surface area contributed by atoms with Crippen molar-refractivity contribution in [2.45, 2.75) is 20.8 Å². The molecule has 0 saturated carbocycles. The van der Waals surface area contributed by atoms with Gasteiger partial charge in [-0.1, -0.05) is 36.4 Å². The molecule has 23 heavy (non-hydrogen) atoms. The summed E-state index contributed by atoms with van der Waals surface area (Å²) < 4.78 is 0. The molecule has 116 valence electrons. The first-order valence-corrected chi connectivity index (χ1v) is 8.27. The van der Waals surface area contributed by atoms with Crippen LogP contribution in [0.1, 0.15) is 26.5 Å². The molecule has 0 atom stereocenters. The molecule has 4 heteroatoms. The van der Waals surface area contributed by atoms with Crippen molar-refractivity contribution in [3.63, 3.8) is 0 Å². The molecule has 0 spiro atoms. The number of hydrogen-bond donors (Lipinski definition) is 1. The molecule has 0 fully saturated rings. The first-order valence-electron chi connectivity index (χ1n) is 7.46. The smallest absolute Gasteiger partial charge is 0.267 e. The predicted molar refractivity (Wildman–Crippen MR) is 96.2 cm³/mol. The summed E-state index contributed by atoms with van der Waals surface area (Å²) in [7, 11) is 0. The topological polar surface area (TPSA) is 42.0 Å². The largest absolute Gasteiger partial charge is 0.321 e. The first kappa shape index (κ1) is 15.4. The summed E-state index contributed by atoms with van der Waals surface area (Å²) in [4.78, 5) is 17.7. The Morgan fingerprint density at radius 2 is 1.74 bits per heavy atom. The molecule has 1 heterocycles. The number of aromatic nitrogens is 1.